The molecule has 1 aromatic carbocycles. The Morgan fingerprint density at radius 3 is 2.22 bits per heavy atom. The molecule has 0 aliphatic carbocycles. The first-order valence-electron chi connectivity index (χ1n) is 9.01. The molecule has 1 aromatic rings. The molecule has 1 atom stereocenters. The molecule has 2 saturated heterocycles. The van der Waals surface area contributed by atoms with Crippen LogP contribution in [0.5, 0.6) is 0 Å². The van der Waals surface area contributed by atoms with Crippen LogP contribution in [-0.4, -0.2) is 67.1 Å². The molecule has 2 aliphatic heterocycles. The number of piperazine rings is 1. The van der Waals surface area contributed by atoms with E-state index in [1.54, 1.807) is 0 Å². The summed E-state index contributed by atoms with van der Waals surface area (Å²) in [4.78, 5) is 7.74. The highest BCUT2D eigenvalue weighted by Crippen LogP contribution is 2.25. The van der Waals surface area contributed by atoms with E-state index in [2.05, 4.69) is 40.8 Å². The molecule has 0 spiro atoms. The van der Waals surface area contributed by atoms with Crippen LogP contribution in [0.2, 0.25) is 5.02 Å². The summed E-state index contributed by atoms with van der Waals surface area (Å²) in [5.74, 6) is 0.861. The molecule has 3 rings (SSSR count). The third kappa shape index (κ3) is 4.69. The zero-order chi connectivity index (χ0) is 16.2. The van der Waals surface area contributed by atoms with Gasteiger partial charge in [-0.25, -0.2) is 0 Å². The Morgan fingerprint density at radius 2 is 1.61 bits per heavy atom. The van der Waals surface area contributed by atoms with Gasteiger partial charge in [-0.1, -0.05) is 23.7 Å². The van der Waals surface area contributed by atoms with Gasteiger partial charge in [0.2, 0.25) is 0 Å². The van der Waals surface area contributed by atoms with Gasteiger partial charge < -0.3 is 4.90 Å². The fourth-order valence-electron chi connectivity index (χ4n) is 3.97. The molecule has 128 valence electrons. The minimum absolute atomic E-state index is 0.737. The lowest BCUT2D eigenvalue weighted by atomic mass is 9.89. The Hall–Kier alpha value is -0.610. The second-order valence-electron chi connectivity index (χ2n) is 7.32. The molecule has 0 unspecified atom stereocenters. The third-order valence-corrected chi connectivity index (χ3v) is 6.00. The normalized spacial score (nSPS) is 24.0. The number of rotatable bonds is 4. The smallest absolute Gasteiger partial charge is 0.0406 e. The average Bonchev–Trinajstić information content (AvgIpc) is 2.58. The van der Waals surface area contributed by atoms with E-state index in [1.165, 1.54) is 57.7 Å². The van der Waals surface area contributed by atoms with E-state index in [0.717, 1.165) is 23.5 Å². The van der Waals surface area contributed by atoms with Gasteiger partial charge in [-0.15, -0.1) is 0 Å². The van der Waals surface area contributed by atoms with Gasteiger partial charge in [0.15, 0.2) is 0 Å². The Bertz CT molecular complexity index is 474. The van der Waals surface area contributed by atoms with E-state index in [9.17, 15) is 0 Å². The van der Waals surface area contributed by atoms with Gasteiger partial charge in [0.05, 0.1) is 0 Å². The van der Waals surface area contributed by atoms with Crippen molar-refractivity contribution in [1.29, 1.82) is 0 Å². The molecule has 0 N–H and O–H groups in total. The second kappa shape index (κ2) is 7.98. The van der Waals surface area contributed by atoms with Gasteiger partial charge in [-0.3, -0.25) is 9.80 Å². The molecule has 2 aliphatic rings. The molecule has 0 radical (unpaired) electrons. The number of hydrogen-bond donors (Lipinski definition) is 0. The molecule has 4 heteroatoms. The number of likely N-dealkylation sites (N-methyl/N-ethyl adjacent to an activating group) is 1. The summed E-state index contributed by atoms with van der Waals surface area (Å²) in [6.45, 7) is 10.9. The quantitative estimate of drug-likeness (QED) is 0.836. The maximum Gasteiger partial charge on any atom is 0.0406 e. The molecule has 0 amide bonds. The third-order valence-electron chi connectivity index (χ3n) is 5.75. The van der Waals surface area contributed by atoms with Crippen LogP contribution in [0.3, 0.4) is 0 Å². The van der Waals surface area contributed by atoms with Crippen LogP contribution >= 0.6 is 11.6 Å². The first-order valence-corrected chi connectivity index (χ1v) is 9.39. The van der Waals surface area contributed by atoms with Crippen LogP contribution in [0, 0.1) is 5.92 Å². The van der Waals surface area contributed by atoms with Crippen LogP contribution in [0.15, 0.2) is 24.3 Å². The van der Waals surface area contributed by atoms with E-state index in [0.29, 0.717) is 0 Å². The molecular weight excluding hydrogens is 306 g/mol. The van der Waals surface area contributed by atoms with Crippen molar-refractivity contribution in [2.24, 2.45) is 5.92 Å². The summed E-state index contributed by atoms with van der Waals surface area (Å²) >= 11 is 5.97. The summed E-state index contributed by atoms with van der Waals surface area (Å²) in [5.41, 5.74) is 1.37. The first kappa shape index (κ1) is 17.2. The molecule has 0 aromatic heterocycles. The molecule has 3 nitrogen and oxygen atoms in total. The van der Waals surface area contributed by atoms with Gasteiger partial charge in [0.25, 0.3) is 0 Å². The maximum absolute atomic E-state index is 5.97. The largest absolute Gasteiger partial charge is 0.304 e. The second-order valence-corrected chi connectivity index (χ2v) is 7.76. The molecule has 0 saturated carbocycles. The molecular formula is C19H30ClN3. The van der Waals surface area contributed by atoms with Gasteiger partial charge in [0.1, 0.15) is 0 Å². The summed E-state index contributed by atoms with van der Waals surface area (Å²) < 4.78 is 0. The van der Waals surface area contributed by atoms with Crippen molar-refractivity contribution >= 4 is 11.6 Å². The van der Waals surface area contributed by atoms with E-state index >= 15 is 0 Å². The monoisotopic (exact) mass is 335 g/mol. The molecule has 0 bridgehead atoms. The number of piperidine rings is 1. The van der Waals surface area contributed by atoms with Crippen molar-refractivity contribution in [1.82, 2.24) is 14.7 Å². The van der Waals surface area contributed by atoms with E-state index in [4.69, 9.17) is 11.6 Å². The van der Waals surface area contributed by atoms with Gasteiger partial charge in [-0.05, 0) is 63.5 Å². The lowest BCUT2D eigenvalue weighted by Gasteiger charge is -2.42. The van der Waals surface area contributed by atoms with Crippen LogP contribution in [0.4, 0.5) is 0 Å². The molecule has 2 fully saturated rings. The highest BCUT2D eigenvalue weighted by Gasteiger charge is 2.29. The van der Waals surface area contributed by atoms with Crippen LogP contribution < -0.4 is 0 Å². The Labute approximate surface area is 146 Å². The molecule has 23 heavy (non-hydrogen) atoms. The Balaban J connectivity index is 1.45. The fraction of sp³-hybridized carbons (Fsp3) is 0.684. The minimum Gasteiger partial charge on any atom is -0.304 e. The predicted octanol–water partition coefficient (Wildman–Crippen LogP) is 3.19. The number of hydrogen-bond acceptors (Lipinski definition) is 3. The van der Waals surface area contributed by atoms with Crippen molar-refractivity contribution in [2.45, 2.75) is 32.4 Å². The van der Waals surface area contributed by atoms with Gasteiger partial charge in [-0.2, -0.15) is 0 Å². The van der Waals surface area contributed by atoms with Crippen molar-refractivity contribution < 1.29 is 0 Å². The summed E-state index contributed by atoms with van der Waals surface area (Å²) in [6.07, 6.45) is 2.67. The predicted molar refractivity (Wildman–Crippen MR) is 98.0 cm³/mol. The Morgan fingerprint density at radius 1 is 1.00 bits per heavy atom. The summed E-state index contributed by atoms with van der Waals surface area (Å²) in [7, 11) is 2.23. The number of likely N-dealkylation sites (tertiary alicyclic amines) is 1. The highest BCUT2D eigenvalue weighted by atomic mass is 35.5. The SMILES string of the molecule is C[C@H](C1CCN(Cc2ccc(Cl)cc2)CC1)N1CCN(C)CC1. The lowest BCUT2D eigenvalue weighted by molar-refractivity contribution is 0.0598. The Kier molecular flexibility index (Phi) is 5.97. The highest BCUT2D eigenvalue weighted by molar-refractivity contribution is 6.30. The fourth-order valence-corrected chi connectivity index (χ4v) is 4.09. The van der Waals surface area contributed by atoms with Crippen molar-refractivity contribution in [2.75, 3.05) is 46.3 Å². The number of benzene rings is 1. The summed E-state index contributed by atoms with van der Waals surface area (Å²) in [6, 6.07) is 9.04. The standard InChI is InChI=1S/C19H30ClN3/c1-16(23-13-11-21(2)12-14-23)18-7-9-22(10-8-18)15-17-3-5-19(20)6-4-17/h3-6,16,18H,7-15H2,1-2H3/t16-/m1/s1. The van der Waals surface area contributed by atoms with Crippen molar-refractivity contribution in [3.8, 4) is 0 Å². The zero-order valence-corrected chi connectivity index (χ0v) is 15.3. The summed E-state index contributed by atoms with van der Waals surface area (Å²) in [5, 5.41) is 0.827. The average molecular weight is 336 g/mol. The minimum atomic E-state index is 0.737. The van der Waals surface area contributed by atoms with Gasteiger partial charge in [0, 0.05) is 43.8 Å². The van der Waals surface area contributed by atoms with Crippen LogP contribution in [0.25, 0.3) is 0 Å². The van der Waals surface area contributed by atoms with E-state index < -0.39 is 0 Å². The zero-order valence-electron chi connectivity index (χ0n) is 14.5. The van der Waals surface area contributed by atoms with Crippen molar-refractivity contribution in [3.63, 3.8) is 0 Å². The van der Waals surface area contributed by atoms with Gasteiger partial charge >= 0.3 is 0 Å². The number of halogens is 1. The number of nitrogens with zero attached hydrogens (tertiary/aromatic N) is 3. The molecule has 2 heterocycles. The van der Waals surface area contributed by atoms with Crippen LogP contribution in [-0.2, 0) is 6.54 Å². The van der Waals surface area contributed by atoms with Crippen molar-refractivity contribution in [3.05, 3.63) is 34.9 Å². The maximum atomic E-state index is 5.97. The topological polar surface area (TPSA) is 9.72 Å². The van der Waals surface area contributed by atoms with E-state index in [-0.39, 0.29) is 0 Å². The van der Waals surface area contributed by atoms with Crippen LogP contribution in [0.1, 0.15) is 25.3 Å². The first-order chi connectivity index (χ1) is 11.1. The lowest BCUT2D eigenvalue weighted by Crippen LogP contribution is -2.51. The van der Waals surface area contributed by atoms with E-state index in [1.807, 2.05) is 12.1 Å².